The standard InChI is InChI=1S/C12H15BrN2O5/c1-3-14-12(2,11(16)17)7-20-10-6-8(15(18)19)4-5-9(10)13/h4-6,14H,3,7H2,1-2H3,(H,16,17). The largest absolute Gasteiger partial charge is 0.490 e. The molecule has 8 heteroatoms. The molecule has 1 rings (SSSR count). The number of benzene rings is 1. The van der Waals surface area contributed by atoms with Crippen molar-refractivity contribution in [3.63, 3.8) is 0 Å². The van der Waals surface area contributed by atoms with Crippen molar-refractivity contribution in [1.82, 2.24) is 5.32 Å². The molecule has 1 atom stereocenters. The van der Waals surface area contributed by atoms with E-state index in [9.17, 15) is 20.0 Å². The predicted molar refractivity (Wildman–Crippen MR) is 76.0 cm³/mol. The van der Waals surface area contributed by atoms with Crippen LogP contribution in [-0.2, 0) is 4.79 Å². The molecule has 0 bridgehead atoms. The number of nitro benzene ring substituents is 1. The van der Waals surface area contributed by atoms with Crippen LogP contribution in [0.1, 0.15) is 13.8 Å². The molecule has 0 radical (unpaired) electrons. The molecule has 7 nitrogen and oxygen atoms in total. The SMILES string of the molecule is CCNC(C)(COc1cc([N+](=O)[O-])ccc1Br)C(=O)O. The lowest BCUT2D eigenvalue weighted by atomic mass is 10.0. The Morgan fingerprint density at radius 1 is 1.60 bits per heavy atom. The number of non-ortho nitro benzene ring substituents is 1. The molecule has 110 valence electrons. The third-order valence-electron chi connectivity index (χ3n) is 2.68. The van der Waals surface area contributed by atoms with Crippen LogP contribution in [-0.4, -0.2) is 34.7 Å². The van der Waals surface area contributed by atoms with Gasteiger partial charge in [-0.1, -0.05) is 6.92 Å². The van der Waals surface area contributed by atoms with E-state index in [4.69, 9.17) is 4.74 Å². The summed E-state index contributed by atoms with van der Waals surface area (Å²) in [7, 11) is 0. The summed E-state index contributed by atoms with van der Waals surface area (Å²) in [5.74, 6) is -0.828. The van der Waals surface area contributed by atoms with Gasteiger partial charge in [-0.25, -0.2) is 0 Å². The van der Waals surface area contributed by atoms with E-state index in [1.807, 2.05) is 0 Å². The molecule has 0 aliphatic carbocycles. The first-order chi connectivity index (χ1) is 9.30. The molecule has 1 aromatic carbocycles. The average Bonchev–Trinajstić information content (AvgIpc) is 2.37. The number of carbonyl (C=O) groups is 1. The van der Waals surface area contributed by atoms with Gasteiger partial charge >= 0.3 is 5.97 Å². The van der Waals surface area contributed by atoms with Gasteiger partial charge in [-0.2, -0.15) is 0 Å². The maximum Gasteiger partial charge on any atom is 0.327 e. The number of nitrogens with one attached hydrogen (secondary N) is 1. The topological polar surface area (TPSA) is 102 Å². The van der Waals surface area contributed by atoms with Gasteiger partial charge in [0.15, 0.2) is 0 Å². The van der Waals surface area contributed by atoms with Crippen LogP contribution >= 0.6 is 15.9 Å². The van der Waals surface area contributed by atoms with Gasteiger partial charge in [0, 0.05) is 6.07 Å². The minimum atomic E-state index is -1.27. The summed E-state index contributed by atoms with van der Waals surface area (Å²) in [6, 6.07) is 4.06. The van der Waals surface area contributed by atoms with Gasteiger partial charge in [-0.15, -0.1) is 0 Å². The Balaban J connectivity index is 2.90. The van der Waals surface area contributed by atoms with Crippen LogP contribution in [0, 0.1) is 10.1 Å². The first-order valence-electron chi connectivity index (χ1n) is 5.85. The predicted octanol–water partition coefficient (Wildman–Crippen LogP) is 2.19. The summed E-state index contributed by atoms with van der Waals surface area (Å²) in [5.41, 5.74) is -1.39. The second-order valence-electron chi connectivity index (χ2n) is 4.33. The van der Waals surface area contributed by atoms with Gasteiger partial charge in [0.1, 0.15) is 17.9 Å². The maximum absolute atomic E-state index is 11.2. The number of halogens is 1. The number of rotatable bonds is 7. The number of carboxylic acid groups (broad SMARTS) is 1. The zero-order valence-electron chi connectivity index (χ0n) is 11.1. The van der Waals surface area contributed by atoms with E-state index in [1.54, 1.807) is 6.92 Å². The second-order valence-corrected chi connectivity index (χ2v) is 5.18. The quantitative estimate of drug-likeness (QED) is 0.579. The molecule has 2 N–H and O–H groups in total. The summed E-state index contributed by atoms with van der Waals surface area (Å²) < 4.78 is 5.93. The van der Waals surface area contributed by atoms with Gasteiger partial charge in [-0.05, 0) is 35.5 Å². The van der Waals surface area contributed by atoms with Crippen LogP contribution in [0.2, 0.25) is 0 Å². The highest BCUT2D eigenvalue weighted by Gasteiger charge is 2.33. The van der Waals surface area contributed by atoms with Crippen molar-refractivity contribution in [2.45, 2.75) is 19.4 Å². The molecule has 0 saturated carbocycles. The molecule has 0 aromatic heterocycles. The minimum absolute atomic E-state index is 0.122. The molecule has 0 amide bonds. The monoisotopic (exact) mass is 346 g/mol. The lowest BCUT2D eigenvalue weighted by molar-refractivity contribution is -0.385. The zero-order valence-corrected chi connectivity index (χ0v) is 12.6. The number of ether oxygens (including phenoxy) is 1. The Labute approximate surface area is 124 Å². The molecular weight excluding hydrogens is 332 g/mol. The van der Waals surface area contributed by atoms with Gasteiger partial charge in [0.25, 0.3) is 5.69 Å². The van der Waals surface area contributed by atoms with Crippen LogP contribution in [0.25, 0.3) is 0 Å². The highest BCUT2D eigenvalue weighted by molar-refractivity contribution is 9.10. The number of hydrogen-bond acceptors (Lipinski definition) is 5. The second kappa shape index (κ2) is 6.67. The van der Waals surface area contributed by atoms with Crippen LogP contribution in [0.15, 0.2) is 22.7 Å². The fraction of sp³-hybridized carbons (Fsp3) is 0.417. The molecule has 0 saturated heterocycles. The lowest BCUT2D eigenvalue weighted by Crippen LogP contribution is -2.53. The Hall–Kier alpha value is -1.67. The van der Waals surface area contributed by atoms with Gasteiger partial charge in [-0.3, -0.25) is 20.2 Å². The molecule has 20 heavy (non-hydrogen) atoms. The van der Waals surface area contributed by atoms with Crippen molar-refractivity contribution in [1.29, 1.82) is 0 Å². The molecule has 0 heterocycles. The van der Waals surface area contributed by atoms with Crippen molar-refractivity contribution in [3.05, 3.63) is 32.8 Å². The Kier molecular flexibility index (Phi) is 5.46. The highest BCUT2D eigenvalue weighted by Crippen LogP contribution is 2.29. The lowest BCUT2D eigenvalue weighted by Gasteiger charge is -2.25. The molecule has 1 unspecified atom stereocenters. The van der Waals surface area contributed by atoms with Gasteiger partial charge in [0.2, 0.25) is 0 Å². The number of nitrogens with zero attached hydrogens (tertiary/aromatic N) is 1. The molecule has 1 aromatic rings. The van der Waals surface area contributed by atoms with Crippen molar-refractivity contribution < 1.29 is 19.6 Å². The zero-order chi connectivity index (χ0) is 15.3. The number of hydrogen-bond donors (Lipinski definition) is 2. The first kappa shape index (κ1) is 16.4. The smallest absolute Gasteiger partial charge is 0.327 e. The van der Waals surface area contributed by atoms with E-state index in [0.717, 1.165) is 0 Å². The third kappa shape index (κ3) is 3.91. The van der Waals surface area contributed by atoms with E-state index >= 15 is 0 Å². The fourth-order valence-electron chi connectivity index (χ4n) is 1.52. The normalized spacial score (nSPS) is 13.6. The molecule has 0 aliphatic heterocycles. The van der Waals surface area contributed by atoms with E-state index in [0.29, 0.717) is 11.0 Å². The van der Waals surface area contributed by atoms with Gasteiger partial charge in [0.05, 0.1) is 15.5 Å². The first-order valence-corrected chi connectivity index (χ1v) is 6.64. The average molecular weight is 347 g/mol. The van der Waals surface area contributed by atoms with E-state index in [1.165, 1.54) is 25.1 Å². The van der Waals surface area contributed by atoms with E-state index in [-0.39, 0.29) is 18.0 Å². The summed E-state index contributed by atoms with van der Waals surface area (Å²) in [5, 5.41) is 22.7. The van der Waals surface area contributed by atoms with Crippen molar-refractivity contribution >= 4 is 27.6 Å². The van der Waals surface area contributed by atoms with Crippen molar-refractivity contribution in [3.8, 4) is 5.75 Å². The van der Waals surface area contributed by atoms with Crippen LogP contribution in [0.3, 0.4) is 0 Å². The number of likely N-dealkylation sites (N-methyl/N-ethyl adjacent to an activating group) is 1. The van der Waals surface area contributed by atoms with Crippen molar-refractivity contribution in [2.75, 3.05) is 13.2 Å². The number of carboxylic acids is 1. The summed E-state index contributed by atoms with van der Waals surface area (Å²) >= 11 is 3.21. The number of nitro groups is 1. The van der Waals surface area contributed by atoms with E-state index < -0.39 is 16.4 Å². The van der Waals surface area contributed by atoms with E-state index in [2.05, 4.69) is 21.2 Å². The number of aliphatic carboxylic acids is 1. The molecule has 0 spiro atoms. The maximum atomic E-state index is 11.2. The Morgan fingerprint density at radius 3 is 2.75 bits per heavy atom. The van der Waals surface area contributed by atoms with Crippen molar-refractivity contribution in [2.24, 2.45) is 0 Å². The summed E-state index contributed by atoms with van der Waals surface area (Å²) in [4.78, 5) is 21.4. The summed E-state index contributed by atoms with van der Waals surface area (Å²) in [6.07, 6.45) is 0. The van der Waals surface area contributed by atoms with Crippen LogP contribution < -0.4 is 10.1 Å². The van der Waals surface area contributed by atoms with Gasteiger partial charge < -0.3 is 9.84 Å². The highest BCUT2D eigenvalue weighted by atomic mass is 79.9. The third-order valence-corrected chi connectivity index (χ3v) is 3.34. The van der Waals surface area contributed by atoms with Crippen LogP contribution in [0.4, 0.5) is 5.69 Å². The molecule has 0 aliphatic rings. The molecule has 0 fully saturated rings. The Bertz CT molecular complexity index is 523. The molecular formula is C12H15BrN2O5. The fourth-order valence-corrected chi connectivity index (χ4v) is 1.88. The summed E-state index contributed by atoms with van der Waals surface area (Å²) in [6.45, 7) is 3.58. The Morgan fingerprint density at radius 2 is 2.25 bits per heavy atom. The van der Waals surface area contributed by atoms with Crippen LogP contribution in [0.5, 0.6) is 5.75 Å². The minimum Gasteiger partial charge on any atom is -0.490 e.